The average molecular weight is 429 g/mol. The Hall–Kier alpha value is -3.06. The van der Waals surface area contributed by atoms with Crippen molar-refractivity contribution < 1.29 is 13.6 Å². The molecule has 1 aromatic heterocycles. The van der Waals surface area contributed by atoms with Gasteiger partial charge in [-0.15, -0.1) is 0 Å². The molecule has 0 aliphatic carbocycles. The van der Waals surface area contributed by atoms with E-state index in [-0.39, 0.29) is 22.7 Å². The summed E-state index contributed by atoms with van der Waals surface area (Å²) in [4.78, 5) is 23.2. The van der Waals surface area contributed by atoms with Crippen molar-refractivity contribution in [2.75, 3.05) is 23.3 Å². The SMILES string of the molecule is O=C(Nc1ccc(F)c(Cl)c1)C1CCN(c2cc(-c3cccc(F)c3)ncn2)CC1. The predicted octanol–water partition coefficient (Wildman–Crippen LogP) is 4.93. The molecule has 0 spiro atoms. The quantitative estimate of drug-likeness (QED) is 0.640. The van der Waals surface area contributed by atoms with Crippen molar-refractivity contribution in [2.45, 2.75) is 12.8 Å². The zero-order chi connectivity index (χ0) is 21.1. The molecule has 2 aromatic carbocycles. The van der Waals surface area contributed by atoms with Crippen LogP contribution in [-0.4, -0.2) is 29.0 Å². The van der Waals surface area contributed by atoms with Gasteiger partial charge in [0.25, 0.3) is 0 Å². The van der Waals surface area contributed by atoms with Crippen LogP contribution < -0.4 is 10.2 Å². The first-order chi connectivity index (χ1) is 14.5. The van der Waals surface area contributed by atoms with E-state index in [1.165, 1.54) is 36.7 Å². The minimum atomic E-state index is -0.523. The lowest BCUT2D eigenvalue weighted by Crippen LogP contribution is -2.38. The van der Waals surface area contributed by atoms with Crippen LogP contribution in [0, 0.1) is 17.6 Å². The van der Waals surface area contributed by atoms with Gasteiger partial charge in [-0.2, -0.15) is 0 Å². The first-order valence-electron chi connectivity index (χ1n) is 9.58. The highest BCUT2D eigenvalue weighted by molar-refractivity contribution is 6.31. The zero-order valence-corrected chi connectivity index (χ0v) is 16.7. The third kappa shape index (κ3) is 4.57. The lowest BCUT2D eigenvalue weighted by Gasteiger charge is -2.32. The predicted molar refractivity (Wildman–Crippen MR) is 112 cm³/mol. The number of hydrogen-bond donors (Lipinski definition) is 1. The summed E-state index contributed by atoms with van der Waals surface area (Å²) >= 11 is 5.77. The molecule has 0 atom stereocenters. The molecule has 1 N–H and O–H groups in total. The van der Waals surface area contributed by atoms with E-state index < -0.39 is 5.82 Å². The highest BCUT2D eigenvalue weighted by Gasteiger charge is 2.26. The van der Waals surface area contributed by atoms with Crippen molar-refractivity contribution >= 4 is 29.0 Å². The molecule has 8 heteroatoms. The van der Waals surface area contributed by atoms with E-state index in [1.807, 2.05) is 6.07 Å². The van der Waals surface area contributed by atoms with Crippen LogP contribution in [0.2, 0.25) is 5.02 Å². The van der Waals surface area contributed by atoms with Gasteiger partial charge in [0.15, 0.2) is 0 Å². The summed E-state index contributed by atoms with van der Waals surface area (Å²) in [5.74, 6) is -0.365. The van der Waals surface area contributed by atoms with E-state index in [4.69, 9.17) is 11.6 Å². The second-order valence-electron chi connectivity index (χ2n) is 7.15. The molecular weight excluding hydrogens is 410 g/mol. The number of anilines is 2. The van der Waals surface area contributed by atoms with Crippen LogP contribution >= 0.6 is 11.6 Å². The Morgan fingerprint density at radius 2 is 1.87 bits per heavy atom. The smallest absolute Gasteiger partial charge is 0.227 e. The first-order valence-corrected chi connectivity index (χ1v) is 9.96. The third-order valence-corrected chi connectivity index (χ3v) is 5.44. The molecule has 1 amide bonds. The molecule has 1 aliphatic rings. The molecule has 1 fully saturated rings. The highest BCUT2D eigenvalue weighted by atomic mass is 35.5. The van der Waals surface area contributed by atoms with Gasteiger partial charge >= 0.3 is 0 Å². The van der Waals surface area contributed by atoms with E-state index in [0.29, 0.717) is 42.9 Å². The Morgan fingerprint density at radius 3 is 2.60 bits per heavy atom. The topological polar surface area (TPSA) is 58.1 Å². The van der Waals surface area contributed by atoms with E-state index in [2.05, 4.69) is 20.2 Å². The van der Waals surface area contributed by atoms with Crippen LogP contribution in [0.25, 0.3) is 11.3 Å². The maximum absolute atomic E-state index is 13.5. The molecule has 154 valence electrons. The second kappa shape index (κ2) is 8.75. The van der Waals surface area contributed by atoms with Crippen molar-refractivity contribution in [3.8, 4) is 11.3 Å². The van der Waals surface area contributed by atoms with E-state index in [0.717, 1.165) is 5.82 Å². The minimum absolute atomic E-state index is 0.0273. The highest BCUT2D eigenvalue weighted by Crippen LogP contribution is 2.27. The van der Waals surface area contributed by atoms with Crippen LogP contribution in [-0.2, 0) is 4.79 Å². The Balaban J connectivity index is 1.39. The molecule has 30 heavy (non-hydrogen) atoms. The number of hydrogen-bond acceptors (Lipinski definition) is 4. The molecule has 0 unspecified atom stereocenters. The fourth-order valence-corrected chi connectivity index (χ4v) is 3.70. The Morgan fingerprint density at radius 1 is 1.07 bits per heavy atom. The number of benzene rings is 2. The number of carbonyl (C=O) groups is 1. The number of carbonyl (C=O) groups excluding carboxylic acids is 1. The summed E-state index contributed by atoms with van der Waals surface area (Å²) < 4.78 is 26.8. The zero-order valence-electron chi connectivity index (χ0n) is 16.0. The van der Waals surface area contributed by atoms with Crippen LogP contribution in [0.4, 0.5) is 20.3 Å². The number of aromatic nitrogens is 2. The molecule has 1 aliphatic heterocycles. The van der Waals surface area contributed by atoms with Gasteiger partial charge in [0, 0.05) is 36.3 Å². The molecule has 0 bridgehead atoms. The summed E-state index contributed by atoms with van der Waals surface area (Å²) in [6.07, 6.45) is 2.77. The normalized spacial score (nSPS) is 14.6. The van der Waals surface area contributed by atoms with Crippen molar-refractivity contribution in [1.29, 1.82) is 0 Å². The second-order valence-corrected chi connectivity index (χ2v) is 7.56. The molecule has 0 radical (unpaired) electrons. The third-order valence-electron chi connectivity index (χ3n) is 5.15. The number of amides is 1. The molecule has 3 aromatic rings. The van der Waals surface area contributed by atoms with Crippen molar-refractivity contribution in [3.63, 3.8) is 0 Å². The van der Waals surface area contributed by atoms with Gasteiger partial charge in [0.2, 0.25) is 5.91 Å². The lowest BCUT2D eigenvalue weighted by molar-refractivity contribution is -0.120. The van der Waals surface area contributed by atoms with Crippen molar-refractivity contribution in [1.82, 2.24) is 9.97 Å². The van der Waals surface area contributed by atoms with Gasteiger partial charge in [-0.1, -0.05) is 23.7 Å². The van der Waals surface area contributed by atoms with Crippen LogP contribution in [0.3, 0.4) is 0 Å². The monoisotopic (exact) mass is 428 g/mol. The number of nitrogens with one attached hydrogen (secondary N) is 1. The average Bonchev–Trinajstić information content (AvgIpc) is 2.76. The fraction of sp³-hybridized carbons (Fsp3) is 0.227. The summed E-state index contributed by atoms with van der Waals surface area (Å²) in [5, 5.41) is 2.77. The van der Waals surface area contributed by atoms with E-state index in [1.54, 1.807) is 12.1 Å². The van der Waals surface area contributed by atoms with Crippen LogP contribution in [0.15, 0.2) is 54.9 Å². The van der Waals surface area contributed by atoms with Crippen molar-refractivity contribution in [3.05, 3.63) is 71.5 Å². The number of rotatable bonds is 4. The summed E-state index contributed by atoms with van der Waals surface area (Å²) in [6.45, 7) is 1.31. The Kier molecular flexibility index (Phi) is 5.90. The summed E-state index contributed by atoms with van der Waals surface area (Å²) in [7, 11) is 0. The molecule has 4 rings (SSSR count). The number of piperidine rings is 1. The van der Waals surface area contributed by atoms with E-state index in [9.17, 15) is 13.6 Å². The first kappa shape index (κ1) is 20.2. The molecular formula is C22H19ClF2N4O. The molecule has 5 nitrogen and oxygen atoms in total. The van der Waals surface area contributed by atoms with Crippen molar-refractivity contribution in [2.24, 2.45) is 5.92 Å². The Bertz CT molecular complexity index is 1070. The van der Waals surface area contributed by atoms with Gasteiger partial charge in [0.05, 0.1) is 10.7 Å². The van der Waals surface area contributed by atoms with Gasteiger partial charge in [-0.3, -0.25) is 4.79 Å². The molecule has 2 heterocycles. The largest absolute Gasteiger partial charge is 0.356 e. The van der Waals surface area contributed by atoms with Gasteiger partial charge in [-0.05, 0) is 43.2 Å². The number of halogens is 3. The van der Waals surface area contributed by atoms with Gasteiger partial charge in [0.1, 0.15) is 23.8 Å². The van der Waals surface area contributed by atoms with Crippen LogP contribution in [0.5, 0.6) is 0 Å². The van der Waals surface area contributed by atoms with Gasteiger partial charge in [-0.25, -0.2) is 18.7 Å². The standard InChI is InChI=1S/C22H19ClF2N4O/c23-18-11-17(4-5-19(18)25)28-22(30)14-6-8-29(9-7-14)21-12-20(26-13-27-21)15-2-1-3-16(24)10-15/h1-5,10-14H,6-9H2,(H,28,30). The van der Waals surface area contributed by atoms with Gasteiger partial charge < -0.3 is 10.2 Å². The van der Waals surface area contributed by atoms with E-state index >= 15 is 0 Å². The summed E-state index contributed by atoms with van der Waals surface area (Å²) in [6, 6.07) is 12.2. The lowest BCUT2D eigenvalue weighted by atomic mass is 9.95. The maximum Gasteiger partial charge on any atom is 0.227 e. The minimum Gasteiger partial charge on any atom is -0.356 e. The molecule has 1 saturated heterocycles. The summed E-state index contributed by atoms with van der Waals surface area (Å²) in [5.41, 5.74) is 1.81. The molecule has 0 saturated carbocycles. The number of nitrogens with zero attached hydrogens (tertiary/aromatic N) is 3. The van der Waals surface area contributed by atoms with Crippen LogP contribution in [0.1, 0.15) is 12.8 Å². The Labute approximate surface area is 177 Å². The fourth-order valence-electron chi connectivity index (χ4n) is 3.51. The maximum atomic E-state index is 13.5.